The second kappa shape index (κ2) is 9.21. The molecule has 5 rings (SSSR count). The van der Waals surface area contributed by atoms with Crippen LogP contribution >= 0.6 is 0 Å². The van der Waals surface area contributed by atoms with E-state index in [1.807, 2.05) is 7.05 Å². The molecule has 2 aromatic rings. The maximum atomic E-state index is 12.8. The summed E-state index contributed by atoms with van der Waals surface area (Å²) in [7, 11) is -0.0392. The minimum absolute atomic E-state index is 0.125. The maximum Gasteiger partial charge on any atom is 0.322 e. The molecule has 1 atom stereocenters. The highest BCUT2D eigenvalue weighted by Crippen LogP contribution is 2.38. The molecular weight excluding hydrogens is 430 g/mol. The van der Waals surface area contributed by atoms with Crippen LogP contribution in [0.3, 0.4) is 0 Å². The van der Waals surface area contributed by atoms with Crippen molar-refractivity contribution < 1.29 is 18.5 Å². The molecule has 1 aromatic heterocycles. The number of rotatable bonds is 6. The molecule has 0 spiro atoms. The standard InChI is InChI=1S/C22H28N5O4S/c1-23-8-9-30-16-12-27-21(31-13-16)19(11-24-27)32(29)26-22(28)25-20-17-6-2-4-14(17)10-15-5-3-7-18(15)20/h10-11,16,23H,2-9,12-13H2,1H3,(H,25,28)/q-1/t16-/m0/s1. The van der Waals surface area contributed by atoms with Crippen LogP contribution < -0.4 is 15.4 Å². The topological polar surface area (TPSA) is 107 Å². The van der Waals surface area contributed by atoms with Crippen molar-refractivity contribution in [3.63, 3.8) is 0 Å². The van der Waals surface area contributed by atoms with E-state index in [0.717, 1.165) is 50.8 Å². The van der Waals surface area contributed by atoms with Crippen LogP contribution in [0.15, 0.2) is 21.5 Å². The van der Waals surface area contributed by atoms with Gasteiger partial charge in [-0.3, -0.25) is 0 Å². The lowest BCUT2D eigenvalue weighted by atomic mass is 9.99. The molecule has 2 N–H and O–H groups in total. The fraction of sp³-hybridized carbons (Fsp3) is 0.545. The Hall–Kier alpha value is -2.43. The summed E-state index contributed by atoms with van der Waals surface area (Å²) in [6, 6.07) is 1.71. The molecule has 1 aromatic carbocycles. The summed E-state index contributed by atoms with van der Waals surface area (Å²) in [5, 5.41) is 10.2. The van der Waals surface area contributed by atoms with Crippen LogP contribution in [0.25, 0.3) is 0 Å². The van der Waals surface area contributed by atoms with Crippen LogP contribution in [0.5, 0.6) is 5.88 Å². The zero-order valence-electron chi connectivity index (χ0n) is 18.2. The van der Waals surface area contributed by atoms with Gasteiger partial charge >= 0.3 is 6.03 Å². The average Bonchev–Trinajstić information content (AvgIpc) is 3.52. The van der Waals surface area contributed by atoms with E-state index < -0.39 is 16.6 Å². The summed E-state index contributed by atoms with van der Waals surface area (Å²) in [6.45, 7) is 2.17. The van der Waals surface area contributed by atoms with E-state index in [1.165, 1.54) is 28.5 Å². The number of anilines is 1. The molecule has 10 heteroatoms. The second-order valence-electron chi connectivity index (χ2n) is 8.41. The predicted molar refractivity (Wildman–Crippen MR) is 120 cm³/mol. The van der Waals surface area contributed by atoms with Gasteiger partial charge in [-0.1, -0.05) is 6.07 Å². The van der Waals surface area contributed by atoms with E-state index >= 15 is 0 Å². The van der Waals surface area contributed by atoms with E-state index in [0.29, 0.717) is 30.5 Å². The molecule has 0 unspecified atom stereocenters. The zero-order chi connectivity index (χ0) is 22.1. The number of urea groups is 1. The van der Waals surface area contributed by atoms with Gasteiger partial charge in [0, 0.05) is 18.4 Å². The van der Waals surface area contributed by atoms with Crippen molar-refractivity contribution in [3.8, 4) is 5.88 Å². The smallest absolute Gasteiger partial charge is 0.322 e. The quantitative estimate of drug-likeness (QED) is 0.509. The van der Waals surface area contributed by atoms with Crippen molar-refractivity contribution in [2.45, 2.75) is 56.1 Å². The third kappa shape index (κ3) is 4.14. The number of likely N-dealkylation sites (N-methyl/N-ethyl adjacent to an activating group) is 1. The van der Waals surface area contributed by atoms with Gasteiger partial charge in [0.05, 0.1) is 13.2 Å². The first-order valence-corrected chi connectivity index (χ1v) is 12.3. The molecule has 2 amide bonds. The van der Waals surface area contributed by atoms with Gasteiger partial charge in [-0.2, -0.15) is 5.10 Å². The minimum atomic E-state index is -1.91. The number of fused-ring (bicyclic) bond motifs is 3. The first kappa shape index (κ1) is 21.4. The van der Waals surface area contributed by atoms with Gasteiger partial charge in [-0.25, -0.2) is 9.48 Å². The van der Waals surface area contributed by atoms with Crippen molar-refractivity contribution >= 4 is 22.3 Å². The number of aromatic nitrogens is 2. The highest BCUT2D eigenvalue weighted by molar-refractivity contribution is 7.75. The first-order valence-electron chi connectivity index (χ1n) is 11.2. The number of amides is 2. The van der Waals surface area contributed by atoms with Gasteiger partial charge < -0.3 is 28.7 Å². The summed E-state index contributed by atoms with van der Waals surface area (Å²) >= 11 is 0. The predicted octanol–water partition coefficient (Wildman–Crippen LogP) is 2.60. The lowest BCUT2D eigenvalue weighted by Crippen LogP contribution is -2.34. The van der Waals surface area contributed by atoms with Crippen molar-refractivity contribution in [1.29, 1.82) is 0 Å². The zero-order valence-corrected chi connectivity index (χ0v) is 19.0. The van der Waals surface area contributed by atoms with Crippen LogP contribution in [-0.4, -0.2) is 48.7 Å². The molecule has 9 nitrogen and oxygen atoms in total. The Morgan fingerprint density at radius 2 is 2.03 bits per heavy atom. The van der Waals surface area contributed by atoms with Crippen LogP contribution in [0.1, 0.15) is 35.1 Å². The third-order valence-corrected chi connectivity index (χ3v) is 7.29. The highest BCUT2D eigenvalue weighted by Gasteiger charge is 2.25. The van der Waals surface area contributed by atoms with Crippen molar-refractivity contribution in [3.05, 3.63) is 34.5 Å². The fourth-order valence-electron chi connectivity index (χ4n) is 4.82. The molecule has 0 saturated heterocycles. The Labute approximate surface area is 189 Å². The third-order valence-electron chi connectivity index (χ3n) is 6.31. The highest BCUT2D eigenvalue weighted by atomic mass is 32.2. The largest absolute Gasteiger partial charge is 0.476 e. The van der Waals surface area contributed by atoms with Gasteiger partial charge in [-0.15, -0.1) is 10.6 Å². The number of nitrogens with one attached hydrogen (secondary N) is 2. The number of benzene rings is 1. The van der Waals surface area contributed by atoms with E-state index in [9.17, 15) is 9.00 Å². The number of hydrogen-bond donors (Lipinski definition) is 2. The summed E-state index contributed by atoms with van der Waals surface area (Å²) < 4.78 is 29.9. The Kier molecular flexibility index (Phi) is 6.16. The molecule has 2 heterocycles. The lowest BCUT2D eigenvalue weighted by Gasteiger charge is -2.25. The fourth-order valence-corrected chi connectivity index (χ4v) is 5.57. The number of nitrogens with zero attached hydrogens (tertiary/aromatic N) is 3. The van der Waals surface area contributed by atoms with Gasteiger partial charge in [0.1, 0.15) is 12.7 Å². The van der Waals surface area contributed by atoms with Crippen LogP contribution in [0, 0.1) is 0 Å². The van der Waals surface area contributed by atoms with Crippen LogP contribution in [0.4, 0.5) is 10.5 Å². The van der Waals surface area contributed by atoms with Gasteiger partial charge in [0.15, 0.2) is 5.88 Å². The summed E-state index contributed by atoms with van der Waals surface area (Å²) in [4.78, 5) is 13.0. The van der Waals surface area contributed by atoms with E-state index in [4.69, 9.17) is 9.47 Å². The van der Waals surface area contributed by atoms with Gasteiger partial charge in [-0.05, 0) is 72.7 Å². The molecule has 0 bridgehead atoms. The van der Waals surface area contributed by atoms with Crippen molar-refractivity contribution in [2.24, 2.45) is 4.36 Å². The minimum Gasteiger partial charge on any atom is -0.476 e. The molecule has 0 fully saturated rings. The first-order chi connectivity index (χ1) is 15.6. The summed E-state index contributed by atoms with van der Waals surface area (Å²) in [6.07, 6.45) is 7.55. The number of ether oxygens (including phenoxy) is 2. The molecular formula is C22H28N5O4S-. The summed E-state index contributed by atoms with van der Waals surface area (Å²) in [5.41, 5.74) is 5.99. The molecule has 0 radical (unpaired) electrons. The van der Waals surface area contributed by atoms with E-state index in [1.54, 1.807) is 4.68 Å². The number of aryl methyl sites for hydroxylation is 2. The van der Waals surface area contributed by atoms with Gasteiger partial charge in [0.2, 0.25) is 0 Å². The molecule has 32 heavy (non-hydrogen) atoms. The Bertz CT molecular complexity index is 1090. The molecule has 3 aliphatic rings. The van der Waals surface area contributed by atoms with Crippen LogP contribution in [0.2, 0.25) is 0 Å². The second-order valence-corrected chi connectivity index (χ2v) is 9.53. The summed E-state index contributed by atoms with van der Waals surface area (Å²) in [5.74, 6) is 0.384. The number of hydrogen-bond acceptors (Lipinski definition) is 7. The Balaban J connectivity index is 1.32. The Morgan fingerprint density at radius 1 is 1.28 bits per heavy atom. The monoisotopic (exact) mass is 458 g/mol. The number of carbonyl (C=O) groups is 1. The Morgan fingerprint density at radius 3 is 2.75 bits per heavy atom. The SMILES string of the molecule is CNCCO[C@@H]1COc2c([S-](=O)=NC(=O)Nc3c4c(cc5c3CCC5)CCC4)cnn2C1. The van der Waals surface area contributed by atoms with E-state index in [2.05, 4.69) is 26.2 Å². The number of carbonyl (C=O) groups excluding carboxylic acids is 1. The van der Waals surface area contributed by atoms with Crippen LogP contribution in [-0.2, 0) is 51.8 Å². The van der Waals surface area contributed by atoms with Crippen molar-refractivity contribution in [1.82, 2.24) is 15.1 Å². The van der Waals surface area contributed by atoms with Crippen molar-refractivity contribution in [2.75, 3.05) is 32.1 Å². The maximum absolute atomic E-state index is 12.8. The molecule has 2 aliphatic carbocycles. The molecule has 1 aliphatic heterocycles. The molecule has 172 valence electrons. The molecule has 0 saturated carbocycles. The lowest BCUT2D eigenvalue weighted by molar-refractivity contribution is -0.0115. The van der Waals surface area contributed by atoms with E-state index in [-0.39, 0.29) is 6.10 Å². The normalized spacial score (nSPS) is 19.8. The van der Waals surface area contributed by atoms with Gasteiger partial charge in [0.25, 0.3) is 0 Å². The average molecular weight is 459 g/mol.